The van der Waals surface area contributed by atoms with Crippen LogP contribution >= 0.6 is 15.9 Å². The number of anilines is 1. The maximum atomic E-state index is 12.1. The van der Waals surface area contributed by atoms with Gasteiger partial charge in [0.1, 0.15) is 6.10 Å². The summed E-state index contributed by atoms with van der Waals surface area (Å²) in [6.45, 7) is 2.70. The highest BCUT2D eigenvalue weighted by molar-refractivity contribution is 9.10. The van der Waals surface area contributed by atoms with Crippen molar-refractivity contribution in [2.75, 3.05) is 11.9 Å². The Kier molecular flexibility index (Phi) is 5.94. The number of hydrogen-bond acceptors (Lipinski definition) is 3. The first-order valence-corrected chi connectivity index (χ1v) is 8.24. The largest absolute Gasteiger partial charge is 0.368 e. The van der Waals surface area contributed by atoms with Gasteiger partial charge in [-0.25, -0.2) is 0 Å². The quantitative estimate of drug-likeness (QED) is 0.628. The van der Waals surface area contributed by atoms with Gasteiger partial charge in [-0.05, 0) is 43.5 Å². The molecule has 1 N–H and O–H groups in total. The first-order chi connectivity index (χ1) is 10.1. The van der Waals surface area contributed by atoms with Crippen LogP contribution in [0, 0.1) is 0 Å². The van der Waals surface area contributed by atoms with Gasteiger partial charge in [-0.3, -0.25) is 9.59 Å². The van der Waals surface area contributed by atoms with E-state index in [4.69, 9.17) is 4.74 Å². The molecule has 1 amide bonds. The lowest BCUT2D eigenvalue weighted by atomic mass is 10.1. The van der Waals surface area contributed by atoms with Gasteiger partial charge in [0, 0.05) is 17.9 Å². The summed E-state index contributed by atoms with van der Waals surface area (Å²) >= 11 is 3.41. The van der Waals surface area contributed by atoms with Crippen molar-refractivity contribution in [1.29, 1.82) is 0 Å². The number of ketones is 1. The average Bonchev–Trinajstić information content (AvgIpc) is 3.02. The fraction of sp³-hybridized carbons (Fsp3) is 0.500. The number of nitrogens with one attached hydrogen (secondary N) is 1. The van der Waals surface area contributed by atoms with Crippen LogP contribution in [0.2, 0.25) is 0 Å². The van der Waals surface area contributed by atoms with Crippen molar-refractivity contribution in [2.45, 2.75) is 43.5 Å². The molecule has 2 rings (SSSR count). The molecule has 1 heterocycles. The summed E-state index contributed by atoms with van der Waals surface area (Å²) in [5, 5.41) is 2.82. The molecule has 21 heavy (non-hydrogen) atoms. The number of carbonyl (C=O) groups is 2. The van der Waals surface area contributed by atoms with E-state index < -0.39 is 0 Å². The van der Waals surface area contributed by atoms with Crippen molar-refractivity contribution >= 4 is 33.3 Å². The zero-order valence-corrected chi connectivity index (χ0v) is 13.7. The third-order valence-electron chi connectivity index (χ3n) is 3.49. The highest BCUT2D eigenvalue weighted by Crippen LogP contribution is 2.19. The number of halogens is 1. The average molecular weight is 354 g/mol. The van der Waals surface area contributed by atoms with Crippen LogP contribution in [0.4, 0.5) is 5.69 Å². The molecule has 0 spiro atoms. The molecule has 5 heteroatoms. The molecule has 0 saturated carbocycles. The Morgan fingerprint density at radius 3 is 2.67 bits per heavy atom. The van der Waals surface area contributed by atoms with Gasteiger partial charge < -0.3 is 10.1 Å². The van der Waals surface area contributed by atoms with Crippen LogP contribution in [0.15, 0.2) is 24.3 Å². The molecule has 1 aromatic rings. The van der Waals surface area contributed by atoms with Crippen molar-refractivity contribution < 1.29 is 14.3 Å². The molecule has 1 aliphatic heterocycles. The predicted molar refractivity (Wildman–Crippen MR) is 86.0 cm³/mol. The molecule has 0 aromatic heterocycles. The first-order valence-electron chi connectivity index (χ1n) is 7.32. The Morgan fingerprint density at radius 2 is 2.10 bits per heavy atom. The van der Waals surface area contributed by atoms with E-state index in [1.54, 1.807) is 24.3 Å². The highest BCUT2D eigenvalue weighted by Gasteiger charge is 2.23. The third-order valence-corrected chi connectivity index (χ3v) is 4.36. The van der Waals surface area contributed by atoms with E-state index in [1.807, 2.05) is 6.92 Å². The van der Waals surface area contributed by atoms with Crippen LogP contribution in [-0.2, 0) is 9.53 Å². The van der Waals surface area contributed by atoms with Gasteiger partial charge in [0.15, 0.2) is 5.78 Å². The maximum absolute atomic E-state index is 12.1. The second-order valence-electron chi connectivity index (χ2n) is 5.19. The van der Waals surface area contributed by atoms with E-state index in [0.717, 1.165) is 25.7 Å². The van der Waals surface area contributed by atoms with Crippen molar-refractivity contribution in [1.82, 2.24) is 0 Å². The maximum Gasteiger partial charge on any atom is 0.253 e. The van der Waals surface area contributed by atoms with Gasteiger partial charge in [-0.1, -0.05) is 29.3 Å². The predicted octanol–water partition coefficient (Wildman–Crippen LogP) is 3.55. The molecule has 0 bridgehead atoms. The second kappa shape index (κ2) is 7.71. The zero-order valence-electron chi connectivity index (χ0n) is 12.1. The minimum Gasteiger partial charge on any atom is -0.368 e. The lowest BCUT2D eigenvalue weighted by molar-refractivity contribution is -0.124. The fourth-order valence-corrected chi connectivity index (χ4v) is 3.01. The van der Waals surface area contributed by atoms with Crippen LogP contribution in [0.1, 0.15) is 43.0 Å². The molecule has 1 fully saturated rings. The summed E-state index contributed by atoms with van der Waals surface area (Å²) in [5.74, 6) is -0.0372. The second-order valence-corrected chi connectivity index (χ2v) is 6.29. The lowest BCUT2D eigenvalue weighted by Crippen LogP contribution is -2.26. The van der Waals surface area contributed by atoms with Crippen molar-refractivity contribution in [2.24, 2.45) is 0 Å². The number of rotatable bonds is 6. The summed E-state index contributed by atoms with van der Waals surface area (Å²) in [4.78, 5) is 23.9. The number of benzene rings is 1. The van der Waals surface area contributed by atoms with E-state index in [0.29, 0.717) is 17.9 Å². The zero-order chi connectivity index (χ0) is 15.2. The van der Waals surface area contributed by atoms with Gasteiger partial charge in [0.2, 0.25) is 0 Å². The van der Waals surface area contributed by atoms with Gasteiger partial charge in [-0.15, -0.1) is 0 Å². The van der Waals surface area contributed by atoms with Crippen molar-refractivity contribution in [3.05, 3.63) is 29.8 Å². The number of alkyl halides is 1. The smallest absolute Gasteiger partial charge is 0.253 e. The van der Waals surface area contributed by atoms with Crippen LogP contribution < -0.4 is 5.32 Å². The molecule has 114 valence electrons. The monoisotopic (exact) mass is 353 g/mol. The van der Waals surface area contributed by atoms with Crippen molar-refractivity contribution in [3.8, 4) is 0 Å². The molecule has 2 unspecified atom stereocenters. The Balaban J connectivity index is 1.95. The summed E-state index contributed by atoms with van der Waals surface area (Å²) in [5.41, 5.74) is 1.34. The summed E-state index contributed by atoms with van der Waals surface area (Å²) in [7, 11) is 0. The van der Waals surface area contributed by atoms with Gasteiger partial charge in [0.25, 0.3) is 5.91 Å². The Morgan fingerprint density at radius 1 is 1.38 bits per heavy atom. The molecule has 4 nitrogen and oxygen atoms in total. The minimum atomic E-state index is -0.345. The van der Waals surface area contributed by atoms with Crippen LogP contribution in [0.25, 0.3) is 0 Å². The Labute approximate surface area is 133 Å². The fourth-order valence-electron chi connectivity index (χ4n) is 2.29. The SMILES string of the molecule is CCCC(Br)C(=O)c1ccc(NC(=O)C2CCCO2)cc1. The minimum absolute atomic E-state index is 0.0776. The van der Waals surface area contributed by atoms with E-state index >= 15 is 0 Å². The Bertz CT molecular complexity index is 495. The molecule has 1 saturated heterocycles. The van der Waals surface area contributed by atoms with Gasteiger partial charge in [0.05, 0.1) is 4.83 Å². The van der Waals surface area contributed by atoms with Crippen LogP contribution in [0.3, 0.4) is 0 Å². The highest BCUT2D eigenvalue weighted by atomic mass is 79.9. The lowest BCUT2D eigenvalue weighted by Gasteiger charge is -2.11. The summed E-state index contributed by atoms with van der Waals surface area (Å²) in [6.07, 6.45) is 3.12. The third kappa shape index (κ3) is 4.38. The number of carbonyl (C=O) groups excluding carboxylic acids is 2. The molecular formula is C16H20BrNO3. The molecule has 0 aliphatic carbocycles. The molecular weight excluding hydrogens is 334 g/mol. The molecule has 1 aromatic carbocycles. The van der Waals surface area contributed by atoms with E-state index in [9.17, 15) is 9.59 Å². The van der Waals surface area contributed by atoms with E-state index in [1.165, 1.54) is 0 Å². The normalized spacial score (nSPS) is 19.2. The summed E-state index contributed by atoms with van der Waals surface area (Å²) in [6, 6.07) is 7.01. The van der Waals surface area contributed by atoms with Crippen LogP contribution in [-0.4, -0.2) is 29.2 Å². The molecule has 0 radical (unpaired) electrons. The van der Waals surface area contributed by atoms with E-state index in [2.05, 4.69) is 21.2 Å². The number of hydrogen-bond donors (Lipinski definition) is 1. The summed E-state index contributed by atoms with van der Waals surface area (Å²) < 4.78 is 5.33. The van der Waals surface area contributed by atoms with Gasteiger partial charge >= 0.3 is 0 Å². The van der Waals surface area contributed by atoms with Crippen LogP contribution in [0.5, 0.6) is 0 Å². The van der Waals surface area contributed by atoms with E-state index in [-0.39, 0.29) is 22.6 Å². The standard InChI is InChI=1S/C16H20BrNO3/c1-2-4-13(17)15(19)11-6-8-12(9-7-11)18-16(20)14-5-3-10-21-14/h6-9,13-14H,2-5,10H2,1H3,(H,18,20). The number of Topliss-reactive ketones (excluding diaryl/α,β-unsaturated/α-hetero) is 1. The topological polar surface area (TPSA) is 55.4 Å². The molecule has 2 atom stereocenters. The molecule has 1 aliphatic rings. The number of amides is 1. The first kappa shape index (κ1) is 16.2. The van der Waals surface area contributed by atoms with Gasteiger partial charge in [-0.2, -0.15) is 0 Å². The number of ether oxygens (including phenoxy) is 1. The van der Waals surface area contributed by atoms with Crippen molar-refractivity contribution in [3.63, 3.8) is 0 Å². The Hall–Kier alpha value is -1.20.